The van der Waals surface area contributed by atoms with Crippen molar-refractivity contribution in [2.75, 3.05) is 13.6 Å². The maximum Gasteiger partial charge on any atom is 0.326 e. The summed E-state index contributed by atoms with van der Waals surface area (Å²) in [6, 6.07) is 17.2. The van der Waals surface area contributed by atoms with Gasteiger partial charge in [0.1, 0.15) is 35.7 Å². The molecule has 4 amide bonds. The normalized spacial score (nSPS) is 17.9. The highest BCUT2D eigenvalue weighted by Gasteiger charge is 2.36. The predicted molar refractivity (Wildman–Crippen MR) is 193 cm³/mol. The number of aliphatic carboxylic acids is 1. The molecule has 0 saturated heterocycles. The first-order valence-electron chi connectivity index (χ1n) is 16.4. The molecule has 8 N–H and O–H groups in total. The fourth-order valence-corrected chi connectivity index (χ4v) is 6.13. The molecule has 5 rings (SSSR count). The van der Waals surface area contributed by atoms with Gasteiger partial charge in [0, 0.05) is 35.2 Å². The number of carbonyl (C=O) groups is 5. The van der Waals surface area contributed by atoms with Gasteiger partial charge in [0.05, 0.1) is 0 Å². The van der Waals surface area contributed by atoms with E-state index in [9.17, 15) is 39.3 Å². The fraction of sp³-hybridized carbons (Fsp3) is 0.237. The van der Waals surface area contributed by atoms with Crippen LogP contribution in [0.4, 0.5) is 0 Å². The SMILES string of the molecule is CC1NC(=O)C(N(C)C(=O)C(CCN)NC(=O)c2ccc(-c3ccc(Cl)cc3)cc2)c2ccc(O)c(c2)-c2cc(ccc2O)CC(C(=O)O)NC1=O. The number of amides is 4. The molecule has 0 radical (unpaired) electrons. The lowest BCUT2D eigenvalue weighted by Gasteiger charge is -2.32. The predicted octanol–water partition coefficient (Wildman–Crippen LogP) is 3.36. The smallest absolute Gasteiger partial charge is 0.326 e. The van der Waals surface area contributed by atoms with Gasteiger partial charge in [-0.05, 0) is 90.7 Å². The van der Waals surface area contributed by atoms with Crippen molar-refractivity contribution >= 4 is 41.2 Å². The third kappa shape index (κ3) is 8.33. The van der Waals surface area contributed by atoms with Gasteiger partial charge in [-0.2, -0.15) is 0 Å². The Morgan fingerprint density at radius 2 is 1.48 bits per heavy atom. The molecule has 4 unspecified atom stereocenters. The molecule has 0 aliphatic carbocycles. The zero-order valence-electron chi connectivity index (χ0n) is 28.3. The third-order valence-electron chi connectivity index (χ3n) is 8.86. The summed E-state index contributed by atoms with van der Waals surface area (Å²) < 4.78 is 0. The van der Waals surface area contributed by atoms with Gasteiger partial charge < -0.3 is 41.9 Å². The molecule has 1 heterocycles. The van der Waals surface area contributed by atoms with E-state index in [2.05, 4.69) is 16.0 Å². The number of carbonyl (C=O) groups excluding carboxylic acids is 4. The minimum Gasteiger partial charge on any atom is -0.507 e. The molecule has 4 aromatic rings. The number of carboxylic acid groups (broad SMARTS) is 1. The van der Waals surface area contributed by atoms with E-state index < -0.39 is 53.8 Å². The van der Waals surface area contributed by atoms with Crippen molar-refractivity contribution in [1.29, 1.82) is 0 Å². The summed E-state index contributed by atoms with van der Waals surface area (Å²) in [7, 11) is 1.35. The molecule has 0 aromatic heterocycles. The van der Waals surface area contributed by atoms with Crippen LogP contribution in [0.3, 0.4) is 0 Å². The summed E-state index contributed by atoms with van der Waals surface area (Å²) >= 11 is 6.00. The number of phenolic OH excluding ortho intramolecular Hbond substituents is 2. The Balaban J connectivity index is 1.48. The van der Waals surface area contributed by atoms with Crippen LogP contribution in [-0.4, -0.2) is 81.5 Å². The number of halogens is 1. The summed E-state index contributed by atoms with van der Waals surface area (Å²) in [5, 5.41) is 39.8. The molecule has 0 fully saturated rings. The average molecular weight is 728 g/mol. The van der Waals surface area contributed by atoms with E-state index in [1.807, 2.05) is 12.1 Å². The number of hydrogen-bond acceptors (Lipinski definition) is 8. The quantitative estimate of drug-likeness (QED) is 0.142. The number of nitrogens with zero attached hydrogens (tertiary/aromatic N) is 1. The number of fused-ring (bicyclic) bond motifs is 5. The number of likely N-dealkylation sites (N-methyl/N-ethyl adjacent to an activating group) is 1. The third-order valence-corrected chi connectivity index (χ3v) is 9.11. The van der Waals surface area contributed by atoms with E-state index in [0.717, 1.165) is 16.0 Å². The standard InChI is InChI=1S/C38H38ClN5O8/c1-20-34(47)43-30(38(51)52)18-21-3-13-31(45)27(17-21)28-19-25(10-14-32(28)46)33(36(49)41-20)44(2)37(50)29(15-16-40)42-35(48)24-6-4-22(5-7-24)23-8-11-26(39)12-9-23/h3-14,17,19-20,29-30,33,45-46H,15-16,18,40H2,1-2H3,(H,41,49)(H,42,48)(H,43,47)(H,51,52). The van der Waals surface area contributed by atoms with Crippen molar-refractivity contribution < 1.29 is 39.3 Å². The highest BCUT2D eigenvalue weighted by atomic mass is 35.5. The Bertz CT molecular complexity index is 2000. The van der Waals surface area contributed by atoms with E-state index in [0.29, 0.717) is 10.6 Å². The Morgan fingerprint density at radius 1 is 0.885 bits per heavy atom. The van der Waals surface area contributed by atoms with Crippen LogP contribution >= 0.6 is 11.6 Å². The van der Waals surface area contributed by atoms with Gasteiger partial charge in [-0.3, -0.25) is 19.2 Å². The maximum absolute atomic E-state index is 14.1. The van der Waals surface area contributed by atoms with Crippen molar-refractivity contribution in [1.82, 2.24) is 20.9 Å². The Hall–Kier alpha value is -5.92. The number of nitrogens with two attached hydrogens (primary N) is 1. The van der Waals surface area contributed by atoms with E-state index in [1.165, 1.54) is 50.4 Å². The summed E-state index contributed by atoms with van der Waals surface area (Å²) in [4.78, 5) is 67.8. The van der Waals surface area contributed by atoms with Crippen LogP contribution in [0.25, 0.3) is 22.3 Å². The Labute approximate surface area is 304 Å². The second-order valence-corrected chi connectivity index (χ2v) is 12.9. The van der Waals surface area contributed by atoms with E-state index >= 15 is 0 Å². The van der Waals surface area contributed by atoms with Crippen LogP contribution in [0.2, 0.25) is 5.02 Å². The molecule has 4 bridgehead atoms. The first-order chi connectivity index (χ1) is 24.8. The van der Waals surface area contributed by atoms with Crippen LogP contribution in [0.1, 0.15) is 40.9 Å². The summed E-state index contributed by atoms with van der Waals surface area (Å²) in [5.74, 6) is -4.67. The van der Waals surface area contributed by atoms with Gasteiger partial charge in [0.2, 0.25) is 17.7 Å². The van der Waals surface area contributed by atoms with Crippen molar-refractivity contribution in [2.24, 2.45) is 5.73 Å². The topological polar surface area (TPSA) is 211 Å². The van der Waals surface area contributed by atoms with Gasteiger partial charge in [0.15, 0.2) is 0 Å². The van der Waals surface area contributed by atoms with Gasteiger partial charge >= 0.3 is 5.97 Å². The largest absolute Gasteiger partial charge is 0.507 e. The van der Waals surface area contributed by atoms with Crippen LogP contribution < -0.4 is 21.7 Å². The molecule has 270 valence electrons. The first-order valence-corrected chi connectivity index (χ1v) is 16.8. The van der Waals surface area contributed by atoms with E-state index in [-0.39, 0.29) is 53.1 Å². The first kappa shape index (κ1) is 37.3. The highest BCUT2D eigenvalue weighted by molar-refractivity contribution is 6.30. The van der Waals surface area contributed by atoms with Crippen LogP contribution in [0, 0.1) is 0 Å². The molecule has 0 saturated carbocycles. The van der Waals surface area contributed by atoms with Crippen LogP contribution in [0.5, 0.6) is 11.5 Å². The zero-order chi connectivity index (χ0) is 37.7. The van der Waals surface area contributed by atoms with E-state index in [1.54, 1.807) is 36.4 Å². The molecule has 0 spiro atoms. The van der Waals surface area contributed by atoms with Crippen molar-refractivity contribution in [3.63, 3.8) is 0 Å². The lowest BCUT2D eigenvalue weighted by atomic mass is 9.93. The number of benzene rings is 4. The van der Waals surface area contributed by atoms with E-state index in [4.69, 9.17) is 17.3 Å². The highest BCUT2D eigenvalue weighted by Crippen LogP contribution is 2.39. The minimum absolute atomic E-state index is 0.0117. The van der Waals surface area contributed by atoms with Crippen molar-refractivity contribution in [2.45, 2.75) is 43.9 Å². The van der Waals surface area contributed by atoms with Gasteiger partial charge in [0.25, 0.3) is 5.91 Å². The average Bonchev–Trinajstić information content (AvgIpc) is 3.12. The minimum atomic E-state index is -1.43. The number of hydrogen-bond donors (Lipinski definition) is 7. The molecule has 52 heavy (non-hydrogen) atoms. The molecule has 4 atom stereocenters. The second kappa shape index (κ2) is 16.0. The summed E-state index contributed by atoms with van der Waals surface area (Å²) in [5.41, 5.74) is 8.73. The molecule has 14 heteroatoms. The molecule has 1 aliphatic heterocycles. The fourth-order valence-electron chi connectivity index (χ4n) is 6.00. The van der Waals surface area contributed by atoms with Crippen LogP contribution in [-0.2, 0) is 25.6 Å². The molecular weight excluding hydrogens is 690 g/mol. The number of nitrogens with one attached hydrogen (secondary N) is 3. The molecule has 13 nitrogen and oxygen atoms in total. The second-order valence-electron chi connectivity index (χ2n) is 12.5. The maximum atomic E-state index is 14.1. The van der Waals surface area contributed by atoms with Crippen molar-refractivity contribution in [3.05, 3.63) is 107 Å². The molecule has 1 aliphatic rings. The summed E-state index contributed by atoms with van der Waals surface area (Å²) in [6.45, 7) is 1.38. The molecule has 4 aromatic carbocycles. The number of rotatable bonds is 8. The van der Waals surface area contributed by atoms with Gasteiger partial charge in [-0.15, -0.1) is 0 Å². The monoisotopic (exact) mass is 727 g/mol. The Morgan fingerprint density at radius 3 is 2.10 bits per heavy atom. The number of aromatic hydroxyl groups is 2. The van der Waals surface area contributed by atoms with Crippen LogP contribution in [0.15, 0.2) is 84.9 Å². The number of phenols is 2. The zero-order valence-corrected chi connectivity index (χ0v) is 29.1. The van der Waals surface area contributed by atoms with Gasteiger partial charge in [-0.25, -0.2) is 4.79 Å². The Kier molecular flexibility index (Phi) is 11.5. The molecular formula is C38H38ClN5O8. The number of carboxylic acids is 1. The van der Waals surface area contributed by atoms with Crippen molar-refractivity contribution in [3.8, 4) is 33.8 Å². The summed E-state index contributed by atoms with van der Waals surface area (Å²) in [6.07, 6.45) is -0.140. The van der Waals surface area contributed by atoms with Gasteiger partial charge in [-0.1, -0.05) is 48.0 Å². The lowest BCUT2D eigenvalue weighted by molar-refractivity contribution is -0.143. The lowest BCUT2D eigenvalue weighted by Crippen LogP contribution is -2.55.